The molecule has 0 aliphatic rings. The zero-order chi connectivity index (χ0) is 17.1. The van der Waals surface area contributed by atoms with Crippen molar-refractivity contribution in [2.24, 2.45) is 0 Å². The molecule has 0 aliphatic carbocycles. The summed E-state index contributed by atoms with van der Waals surface area (Å²) >= 11 is 7.42. The van der Waals surface area contributed by atoms with Crippen LogP contribution in [0.3, 0.4) is 0 Å². The topological polar surface area (TPSA) is 26.0 Å². The van der Waals surface area contributed by atoms with E-state index in [4.69, 9.17) is 12.2 Å². The maximum atomic E-state index is 5.65. The predicted molar refractivity (Wildman–Crippen MR) is 102 cm³/mol. The minimum absolute atomic E-state index is 0.174. The van der Waals surface area contributed by atoms with Crippen molar-refractivity contribution in [3.63, 3.8) is 0 Å². The standard InChI is InChI=1S/C18H22N4S2/c1-14(16-8-5-4-6-9-16)21-12-19-22(18(21)23)13-20(3)15(2)17-10-7-11-24-17/h4-12,14-15H,13H2,1-3H3/t14-,15-/m0/s1. The van der Waals surface area contributed by atoms with Gasteiger partial charge in [-0.15, -0.1) is 11.3 Å². The lowest BCUT2D eigenvalue weighted by molar-refractivity contribution is 0.196. The van der Waals surface area contributed by atoms with E-state index < -0.39 is 0 Å². The van der Waals surface area contributed by atoms with Crippen molar-refractivity contribution >= 4 is 23.6 Å². The maximum Gasteiger partial charge on any atom is 0.199 e. The first-order chi connectivity index (χ1) is 11.6. The molecule has 0 N–H and O–H groups in total. The summed E-state index contributed by atoms with van der Waals surface area (Å²) in [6.45, 7) is 5.03. The molecule has 4 nitrogen and oxygen atoms in total. The Kier molecular flexibility index (Phi) is 5.28. The highest BCUT2D eigenvalue weighted by Crippen LogP contribution is 2.24. The summed E-state index contributed by atoms with van der Waals surface area (Å²) in [6.07, 6.45) is 1.84. The summed E-state index contributed by atoms with van der Waals surface area (Å²) in [5.74, 6) is 0. The van der Waals surface area contributed by atoms with Crippen LogP contribution in [0.15, 0.2) is 54.2 Å². The average molecular weight is 359 g/mol. The lowest BCUT2D eigenvalue weighted by Gasteiger charge is -2.23. The van der Waals surface area contributed by atoms with E-state index >= 15 is 0 Å². The third-order valence-corrected chi connectivity index (χ3v) is 5.89. The van der Waals surface area contributed by atoms with Crippen LogP contribution in [0.1, 0.15) is 36.4 Å². The van der Waals surface area contributed by atoms with Crippen molar-refractivity contribution in [2.75, 3.05) is 7.05 Å². The Bertz CT molecular complexity index is 820. The van der Waals surface area contributed by atoms with E-state index in [1.807, 2.05) is 21.6 Å². The Morgan fingerprint density at radius 3 is 2.58 bits per heavy atom. The van der Waals surface area contributed by atoms with Crippen LogP contribution >= 0.6 is 23.6 Å². The van der Waals surface area contributed by atoms with Crippen LogP contribution in [-0.4, -0.2) is 26.3 Å². The Hall–Kier alpha value is -1.76. The van der Waals surface area contributed by atoms with E-state index in [0.717, 1.165) is 4.77 Å². The monoisotopic (exact) mass is 358 g/mol. The molecule has 0 unspecified atom stereocenters. The highest BCUT2D eigenvalue weighted by atomic mass is 32.1. The minimum Gasteiger partial charge on any atom is -0.299 e. The number of thiophene rings is 1. The van der Waals surface area contributed by atoms with Gasteiger partial charge >= 0.3 is 0 Å². The molecule has 0 saturated heterocycles. The molecule has 0 aliphatic heterocycles. The number of hydrogen-bond donors (Lipinski definition) is 0. The number of rotatable bonds is 6. The first kappa shape index (κ1) is 17.1. The van der Waals surface area contributed by atoms with E-state index in [1.54, 1.807) is 11.3 Å². The molecule has 3 rings (SSSR count). The SMILES string of the molecule is C[C@@H](c1cccs1)N(C)Cn1ncn([C@@H](C)c2ccccc2)c1=S. The maximum absolute atomic E-state index is 5.65. The van der Waals surface area contributed by atoms with Gasteiger partial charge in [0.15, 0.2) is 4.77 Å². The van der Waals surface area contributed by atoms with Gasteiger partial charge in [-0.1, -0.05) is 36.4 Å². The molecule has 2 aromatic heterocycles. The molecule has 2 atom stereocenters. The molecule has 0 fully saturated rings. The summed E-state index contributed by atoms with van der Waals surface area (Å²) in [6, 6.07) is 15.1. The Labute approximate surface area is 152 Å². The van der Waals surface area contributed by atoms with Gasteiger partial charge in [-0.3, -0.25) is 9.47 Å². The number of benzene rings is 1. The molecule has 0 bridgehead atoms. The highest BCUT2D eigenvalue weighted by molar-refractivity contribution is 7.71. The van der Waals surface area contributed by atoms with Crippen LogP contribution in [0, 0.1) is 4.77 Å². The second kappa shape index (κ2) is 7.42. The average Bonchev–Trinajstić information content (AvgIpc) is 3.25. The van der Waals surface area contributed by atoms with E-state index in [2.05, 4.69) is 72.7 Å². The van der Waals surface area contributed by atoms with E-state index in [1.165, 1.54) is 10.4 Å². The summed E-state index contributed by atoms with van der Waals surface area (Å²) in [7, 11) is 2.10. The van der Waals surface area contributed by atoms with Gasteiger partial charge in [0.25, 0.3) is 0 Å². The molecular weight excluding hydrogens is 336 g/mol. The molecule has 6 heteroatoms. The van der Waals surface area contributed by atoms with Gasteiger partial charge in [0.1, 0.15) is 6.33 Å². The summed E-state index contributed by atoms with van der Waals surface area (Å²) in [5.41, 5.74) is 1.23. The van der Waals surface area contributed by atoms with Crippen LogP contribution < -0.4 is 0 Å². The predicted octanol–water partition coefficient (Wildman–Crippen LogP) is 4.74. The summed E-state index contributed by atoms with van der Waals surface area (Å²) < 4.78 is 4.68. The third-order valence-electron chi connectivity index (χ3n) is 4.43. The normalized spacial score (nSPS) is 14.0. The van der Waals surface area contributed by atoms with E-state index in [-0.39, 0.29) is 6.04 Å². The van der Waals surface area contributed by atoms with E-state index in [9.17, 15) is 0 Å². The highest BCUT2D eigenvalue weighted by Gasteiger charge is 2.16. The second-order valence-corrected chi connectivity index (χ2v) is 7.34. The van der Waals surface area contributed by atoms with Crippen molar-refractivity contribution in [1.29, 1.82) is 0 Å². The number of hydrogen-bond acceptors (Lipinski definition) is 4. The molecule has 0 spiro atoms. The summed E-state index contributed by atoms with van der Waals surface area (Å²) in [5, 5.41) is 6.62. The van der Waals surface area contributed by atoms with Crippen LogP contribution in [0.25, 0.3) is 0 Å². The zero-order valence-corrected chi connectivity index (χ0v) is 15.8. The first-order valence-electron chi connectivity index (χ1n) is 8.00. The summed E-state index contributed by atoms with van der Waals surface area (Å²) in [4.78, 5) is 3.60. The quantitative estimate of drug-likeness (QED) is 0.596. The van der Waals surface area contributed by atoms with Crippen LogP contribution in [0.4, 0.5) is 0 Å². The van der Waals surface area contributed by atoms with Crippen LogP contribution in [0.2, 0.25) is 0 Å². The van der Waals surface area contributed by atoms with Crippen molar-refractivity contribution < 1.29 is 0 Å². The van der Waals surface area contributed by atoms with Gasteiger partial charge in [-0.05, 0) is 50.1 Å². The Balaban J connectivity index is 1.77. The molecule has 0 saturated carbocycles. The van der Waals surface area contributed by atoms with Crippen molar-refractivity contribution in [1.82, 2.24) is 19.2 Å². The number of aromatic nitrogens is 3. The van der Waals surface area contributed by atoms with Gasteiger partial charge in [0, 0.05) is 10.9 Å². The fraction of sp³-hybridized carbons (Fsp3) is 0.333. The van der Waals surface area contributed by atoms with Crippen LogP contribution in [-0.2, 0) is 6.67 Å². The minimum atomic E-state index is 0.174. The lowest BCUT2D eigenvalue weighted by atomic mass is 10.1. The number of nitrogens with zero attached hydrogens (tertiary/aromatic N) is 4. The van der Waals surface area contributed by atoms with Crippen LogP contribution in [0.5, 0.6) is 0 Å². The smallest absolute Gasteiger partial charge is 0.199 e. The largest absolute Gasteiger partial charge is 0.299 e. The molecule has 24 heavy (non-hydrogen) atoms. The van der Waals surface area contributed by atoms with Crippen molar-refractivity contribution in [2.45, 2.75) is 32.6 Å². The molecule has 126 valence electrons. The molecule has 3 aromatic rings. The van der Waals surface area contributed by atoms with Gasteiger partial charge in [-0.25, -0.2) is 4.68 Å². The van der Waals surface area contributed by atoms with E-state index in [0.29, 0.717) is 12.7 Å². The Morgan fingerprint density at radius 1 is 1.17 bits per heavy atom. The van der Waals surface area contributed by atoms with Gasteiger partial charge in [0.05, 0.1) is 12.7 Å². The fourth-order valence-corrected chi connectivity index (χ4v) is 3.84. The molecular formula is C18H22N4S2. The molecule has 0 amide bonds. The van der Waals surface area contributed by atoms with Gasteiger partial charge < -0.3 is 0 Å². The first-order valence-corrected chi connectivity index (χ1v) is 9.29. The third kappa shape index (κ3) is 3.50. The molecule has 1 aromatic carbocycles. The van der Waals surface area contributed by atoms with Gasteiger partial charge in [-0.2, -0.15) is 5.10 Å². The van der Waals surface area contributed by atoms with Gasteiger partial charge in [0.2, 0.25) is 0 Å². The molecule has 0 radical (unpaired) electrons. The zero-order valence-electron chi connectivity index (χ0n) is 14.2. The van der Waals surface area contributed by atoms with Crippen molar-refractivity contribution in [3.8, 4) is 0 Å². The molecule has 2 heterocycles. The lowest BCUT2D eigenvalue weighted by Crippen LogP contribution is -2.25. The Morgan fingerprint density at radius 2 is 1.92 bits per heavy atom. The fourth-order valence-electron chi connectivity index (χ4n) is 2.68. The van der Waals surface area contributed by atoms with Crippen molar-refractivity contribution in [3.05, 3.63) is 69.4 Å². The second-order valence-electron chi connectivity index (χ2n) is 6.00.